The number of benzene rings is 10. The van der Waals surface area contributed by atoms with Crippen LogP contribution in [0, 0.1) is 0 Å². The molecule has 10 rings (SSSR count). The van der Waals surface area contributed by atoms with Crippen molar-refractivity contribution in [3.8, 4) is 0 Å². The van der Waals surface area contributed by atoms with E-state index in [9.17, 15) is 0 Å². The van der Waals surface area contributed by atoms with Crippen LogP contribution in [0.2, 0.25) is 0 Å². The Morgan fingerprint density at radius 2 is 0.550 bits per heavy atom. The van der Waals surface area contributed by atoms with Crippen LogP contribution >= 0.6 is 0 Å². The van der Waals surface area contributed by atoms with E-state index in [2.05, 4.69) is 146 Å². The highest BCUT2D eigenvalue weighted by molar-refractivity contribution is 6.30. The average molecular weight is 505 g/mol. The highest BCUT2D eigenvalue weighted by atomic mass is 14.1. The molecule has 184 valence electrons. The molecule has 0 atom stereocenters. The molecule has 0 amide bonds. The van der Waals surface area contributed by atoms with Gasteiger partial charge in [-0.05, 0) is 98.3 Å². The fourth-order valence-electron chi connectivity index (χ4n) is 6.98. The van der Waals surface area contributed by atoms with E-state index in [0.29, 0.717) is 0 Å². The summed E-state index contributed by atoms with van der Waals surface area (Å²) in [6.07, 6.45) is 0. The van der Waals surface area contributed by atoms with Gasteiger partial charge in [0.05, 0.1) is 0 Å². The van der Waals surface area contributed by atoms with E-state index in [0.717, 1.165) is 0 Å². The summed E-state index contributed by atoms with van der Waals surface area (Å²) < 4.78 is 0. The van der Waals surface area contributed by atoms with E-state index in [4.69, 9.17) is 0 Å². The van der Waals surface area contributed by atoms with Gasteiger partial charge in [0.2, 0.25) is 0 Å². The number of fused-ring (bicyclic) bond motifs is 4. The third-order valence-electron chi connectivity index (χ3n) is 8.74. The molecule has 0 nitrogen and oxygen atoms in total. The lowest BCUT2D eigenvalue weighted by Gasteiger charge is -2.12. The minimum Gasteiger partial charge on any atom is -0.0616 e. The third kappa shape index (κ3) is 3.02. The van der Waals surface area contributed by atoms with Crippen molar-refractivity contribution in [3.63, 3.8) is 0 Å². The van der Waals surface area contributed by atoms with Gasteiger partial charge in [0, 0.05) is 0 Å². The molecule has 0 unspecified atom stereocenters. The lowest BCUT2D eigenvalue weighted by Crippen LogP contribution is -1.85. The van der Waals surface area contributed by atoms with E-state index in [1.165, 1.54) is 86.2 Å². The Morgan fingerprint density at radius 1 is 0.200 bits per heavy atom. The maximum atomic E-state index is 2.31. The van der Waals surface area contributed by atoms with Crippen LogP contribution in [0.1, 0.15) is 0 Å². The van der Waals surface area contributed by atoms with Crippen molar-refractivity contribution in [3.05, 3.63) is 146 Å². The molecule has 0 saturated heterocycles. The normalized spacial score (nSPS) is 12.0. The minimum absolute atomic E-state index is 1.32. The van der Waals surface area contributed by atoms with Crippen LogP contribution < -0.4 is 0 Å². The molecule has 0 spiro atoms. The fourth-order valence-corrected chi connectivity index (χ4v) is 6.98. The smallest absolute Gasteiger partial charge is 0.00204 e. The summed E-state index contributed by atoms with van der Waals surface area (Å²) in [5.41, 5.74) is 0. The summed E-state index contributed by atoms with van der Waals surface area (Å²) in [5, 5.41) is 21.6. The van der Waals surface area contributed by atoms with Crippen molar-refractivity contribution in [1.29, 1.82) is 0 Å². The van der Waals surface area contributed by atoms with Crippen molar-refractivity contribution >= 4 is 86.2 Å². The molecule has 10 aromatic carbocycles. The molecule has 0 aliphatic rings. The maximum absolute atomic E-state index is 2.31. The lowest BCUT2D eigenvalue weighted by atomic mass is 9.91. The average Bonchev–Trinajstić information content (AvgIpc) is 3.02. The predicted octanol–water partition coefficient (Wildman–Crippen LogP) is 11.5. The van der Waals surface area contributed by atoms with Crippen molar-refractivity contribution in [1.82, 2.24) is 0 Å². The highest BCUT2D eigenvalue weighted by Gasteiger charge is 2.11. The minimum atomic E-state index is 1.32. The first kappa shape index (κ1) is 21.7. The zero-order valence-electron chi connectivity index (χ0n) is 21.9. The van der Waals surface area contributed by atoms with E-state index in [-0.39, 0.29) is 0 Å². The van der Waals surface area contributed by atoms with E-state index in [1.807, 2.05) is 0 Å². The summed E-state index contributed by atoms with van der Waals surface area (Å²) in [5.74, 6) is 0. The molecule has 0 bridgehead atoms. The largest absolute Gasteiger partial charge is 0.0616 e. The quantitative estimate of drug-likeness (QED) is 0.142. The molecule has 40 heavy (non-hydrogen) atoms. The van der Waals surface area contributed by atoms with Crippen LogP contribution in [0.15, 0.2) is 146 Å². The molecule has 0 saturated carbocycles. The zero-order chi connectivity index (χ0) is 26.2. The standard InChI is InChI=1S/2C20H12/c2*1-2-7-17-15(4-1)12-16-9-8-13-5-3-6-14-10-11-18(17)20(16)19(13)14/h2*1-12H. The molecule has 0 radical (unpaired) electrons. The monoisotopic (exact) mass is 504 g/mol. The van der Waals surface area contributed by atoms with Crippen LogP contribution in [0.25, 0.3) is 86.2 Å². The molecule has 0 heterocycles. The predicted molar refractivity (Wildman–Crippen MR) is 175 cm³/mol. The third-order valence-corrected chi connectivity index (χ3v) is 8.74. The molecule has 0 aliphatic heterocycles. The van der Waals surface area contributed by atoms with Crippen LogP contribution in [0.3, 0.4) is 0 Å². The summed E-state index contributed by atoms with van der Waals surface area (Å²) in [7, 11) is 0. The Bertz CT molecular complexity index is 2320. The summed E-state index contributed by atoms with van der Waals surface area (Å²) >= 11 is 0. The van der Waals surface area contributed by atoms with Gasteiger partial charge >= 0.3 is 0 Å². The van der Waals surface area contributed by atoms with Crippen molar-refractivity contribution in [2.75, 3.05) is 0 Å². The molecular weight excluding hydrogens is 480 g/mol. The van der Waals surface area contributed by atoms with Crippen LogP contribution in [-0.2, 0) is 0 Å². The van der Waals surface area contributed by atoms with E-state index >= 15 is 0 Å². The molecular formula is C40H24. The van der Waals surface area contributed by atoms with Gasteiger partial charge in [-0.15, -0.1) is 0 Å². The molecule has 0 N–H and O–H groups in total. The first-order chi connectivity index (χ1) is 19.8. The first-order valence-corrected chi connectivity index (χ1v) is 13.9. The number of hydrogen-bond acceptors (Lipinski definition) is 0. The van der Waals surface area contributed by atoms with Crippen LogP contribution in [-0.4, -0.2) is 0 Å². The van der Waals surface area contributed by atoms with Gasteiger partial charge < -0.3 is 0 Å². The van der Waals surface area contributed by atoms with Gasteiger partial charge in [-0.3, -0.25) is 0 Å². The Kier molecular flexibility index (Phi) is 4.42. The number of hydrogen-bond donors (Lipinski definition) is 0. The Morgan fingerprint density at radius 3 is 1.00 bits per heavy atom. The van der Waals surface area contributed by atoms with Crippen molar-refractivity contribution in [2.24, 2.45) is 0 Å². The number of rotatable bonds is 0. The topological polar surface area (TPSA) is 0 Å². The summed E-state index contributed by atoms with van der Waals surface area (Å²) in [6.45, 7) is 0. The second-order valence-electron chi connectivity index (χ2n) is 10.9. The van der Waals surface area contributed by atoms with Gasteiger partial charge in [-0.1, -0.05) is 133 Å². The Balaban J connectivity index is 0.000000115. The van der Waals surface area contributed by atoms with E-state index < -0.39 is 0 Å². The second-order valence-corrected chi connectivity index (χ2v) is 10.9. The zero-order valence-corrected chi connectivity index (χ0v) is 21.9. The van der Waals surface area contributed by atoms with Crippen molar-refractivity contribution in [2.45, 2.75) is 0 Å². The van der Waals surface area contributed by atoms with Gasteiger partial charge in [0.15, 0.2) is 0 Å². The first-order valence-electron chi connectivity index (χ1n) is 13.9. The fraction of sp³-hybridized carbons (Fsp3) is 0. The second kappa shape index (κ2) is 8.15. The molecule has 0 aliphatic carbocycles. The Hall–Kier alpha value is -5.20. The Labute approximate surface area is 231 Å². The maximum Gasteiger partial charge on any atom is -0.00204 e. The summed E-state index contributed by atoms with van der Waals surface area (Å²) in [4.78, 5) is 0. The van der Waals surface area contributed by atoms with Gasteiger partial charge in [0.25, 0.3) is 0 Å². The van der Waals surface area contributed by atoms with Crippen LogP contribution in [0.4, 0.5) is 0 Å². The highest BCUT2D eigenvalue weighted by Crippen LogP contribution is 2.39. The van der Waals surface area contributed by atoms with Gasteiger partial charge in [-0.25, -0.2) is 0 Å². The van der Waals surface area contributed by atoms with Gasteiger partial charge in [0.1, 0.15) is 0 Å². The molecule has 10 aromatic rings. The molecule has 0 fully saturated rings. The summed E-state index contributed by atoms with van der Waals surface area (Å²) in [6, 6.07) is 53.0. The lowest BCUT2D eigenvalue weighted by molar-refractivity contribution is 1.78. The van der Waals surface area contributed by atoms with Crippen LogP contribution in [0.5, 0.6) is 0 Å². The van der Waals surface area contributed by atoms with Crippen molar-refractivity contribution < 1.29 is 0 Å². The van der Waals surface area contributed by atoms with Gasteiger partial charge in [-0.2, -0.15) is 0 Å². The molecule has 0 heteroatoms. The van der Waals surface area contributed by atoms with E-state index in [1.54, 1.807) is 0 Å². The SMILES string of the molecule is c1ccc2c(c1)cc1ccc3cccc4ccc2c1c34.c1ccc2c(c1)cc1ccc3cccc4ccc2c1c34. The molecule has 0 aromatic heterocycles.